The first-order chi connectivity index (χ1) is 8.63. The van der Waals surface area contributed by atoms with Crippen LogP contribution in [0.25, 0.3) is 20.8 Å². The van der Waals surface area contributed by atoms with Crippen LogP contribution < -0.4 is 5.73 Å². The van der Waals surface area contributed by atoms with Crippen molar-refractivity contribution < 1.29 is 4.39 Å². The van der Waals surface area contributed by atoms with Crippen molar-refractivity contribution in [3.05, 3.63) is 47.2 Å². The summed E-state index contributed by atoms with van der Waals surface area (Å²) in [6.45, 7) is 0. The number of nitrogens with zero attached hydrogens (tertiary/aromatic N) is 1. The fraction of sp³-hybridized carbons (Fsp3) is 0. The Bertz CT molecular complexity index is 739. The van der Waals surface area contributed by atoms with Crippen LogP contribution in [0.4, 0.5) is 10.1 Å². The molecule has 0 aliphatic rings. The molecule has 2 nitrogen and oxygen atoms in total. The lowest BCUT2D eigenvalue weighted by Crippen LogP contribution is -1.90. The summed E-state index contributed by atoms with van der Waals surface area (Å²) in [5.74, 6) is -0.347. The molecule has 0 radical (unpaired) electrons. The van der Waals surface area contributed by atoms with Crippen LogP contribution in [0.5, 0.6) is 0 Å². The second-order valence-corrected chi connectivity index (χ2v) is 5.33. The third-order valence-corrected chi connectivity index (χ3v) is 3.90. The van der Waals surface area contributed by atoms with Crippen LogP contribution in [0.3, 0.4) is 0 Å². The molecule has 0 bridgehead atoms. The van der Waals surface area contributed by atoms with Crippen molar-refractivity contribution in [1.29, 1.82) is 0 Å². The van der Waals surface area contributed by atoms with Gasteiger partial charge in [0.1, 0.15) is 10.8 Å². The lowest BCUT2D eigenvalue weighted by atomic mass is 10.2. The van der Waals surface area contributed by atoms with E-state index in [4.69, 9.17) is 17.3 Å². The molecular formula is C13H8ClFN2S. The minimum Gasteiger partial charge on any atom is -0.398 e. The van der Waals surface area contributed by atoms with Gasteiger partial charge in [0.05, 0.1) is 10.2 Å². The Morgan fingerprint density at radius 3 is 2.78 bits per heavy atom. The van der Waals surface area contributed by atoms with Crippen LogP contribution in [0, 0.1) is 5.82 Å². The van der Waals surface area contributed by atoms with Crippen molar-refractivity contribution in [3.63, 3.8) is 0 Å². The monoisotopic (exact) mass is 278 g/mol. The van der Waals surface area contributed by atoms with E-state index in [9.17, 15) is 4.39 Å². The Labute approximate surface area is 112 Å². The van der Waals surface area contributed by atoms with E-state index in [0.29, 0.717) is 10.7 Å². The van der Waals surface area contributed by atoms with Crippen molar-refractivity contribution in [2.24, 2.45) is 0 Å². The molecule has 0 saturated heterocycles. The van der Waals surface area contributed by atoms with Crippen molar-refractivity contribution >= 4 is 38.8 Å². The van der Waals surface area contributed by atoms with Gasteiger partial charge in [-0.25, -0.2) is 9.37 Å². The van der Waals surface area contributed by atoms with Crippen LogP contribution >= 0.6 is 22.9 Å². The molecule has 5 heteroatoms. The molecule has 2 N–H and O–H groups in total. The number of benzene rings is 2. The fourth-order valence-electron chi connectivity index (χ4n) is 1.74. The molecular weight excluding hydrogens is 271 g/mol. The third kappa shape index (κ3) is 1.94. The van der Waals surface area contributed by atoms with E-state index >= 15 is 0 Å². The smallest absolute Gasteiger partial charge is 0.126 e. The van der Waals surface area contributed by atoms with Gasteiger partial charge in [-0.1, -0.05) is 11.6 Å². The lowest BCUT2D eigenvalue weighted by molar-refractivity contribution is 0.628. The highest BCUT2D eigenvalue weighted by molar-refractivity contribution is 7.21. The van der Waals surface area contributed by atoms with Crippen LogP contribution in [0.15, 0.2) is 36.4 Å². The normalized spacial score (nSPS) is 11.0. The average Bonchev–Trinajstić information content (AvgIpc) is 2.71. The second-order valence-electron chi connectivity index (χ2n) is 3.86. The van der Waals surface area contributed by atoms with Crippen LogP contribution in [-0.4, -0.2) is 4.98 Å². The molecule has 0 atom stereocenters. The Kier molecular flexibility index (Phi) is 2.69. The van der Waals surface area contributed by atoms with Gasteiger partial charge >= 0.3 is 0 Å². The Morgan fingerprint density at radius 2 is 2.00 bits per heavy atom. The highest BCUT2D eigenvalue weighted by Crippen LogP contribution is 2.34. The SMILES string of the molecule is Nc1cc(F)ccc1-c1nc2cc(Cl)ccc2s1. The van der Waals surface area contributed by atoms with E-state index in [1.54, 1.807) is 12.1 Å². The minimum absolute atomic E-state index is 0.347. The Hall–Kier alpha value is -1.65. The standard InChI is InChI=1S/C13H8ClFN2S/c14-7-1-4-12-11(5-7)17-13(18-12)9-3-2-8(15)6-10(9)16/h1-6H,16H2. The molecule has 0 fully saturated rings. The second kappa shape index (κ2) is 4.23. The number of nitrogens with two attached hydrogens (primary N) is 1. The maximum atomic E-state index is 13.0. The maximum absolute atomic E-state index is 13.0. The van der Waals surface area contributed by atoms with Gasteiger partial charge in [0.25, 0.3) is 0 Å². The van der Waals surface area contributed by atoms with Gasteiger partial charge in [-0.3, -0.25) is 0 Å². The summed E-state index contributed by atoms with van der Waals surface area (Å²) in [6.07, 6.45) is 0. The Morgan fingerprint density at radius 1 is 1.17 bits per heavy atom. The highest BCUT2D eigenvalue weighted by atomic mass is 35.5. The molecule has 2 aromatic carbocycles. The first kappa shape index (κ1) is 11.4. The maximum Gasteiger partial charge on any atom is 0.126 e. The first-order valence-electron chi connectivity index (χ1n) is 5.25. The molecule has 0 aliphatic heterocycles. The molecule has 0 amide bonds. The average molecular weight is 279 g/mol. The molecule has 0 saturated carbocycles. The van der Waals surface area contributed by atoms with Crippen LogP contribution in [-0.2, 0) is 0 Å². The summed E-state index contributed by atoms with van der Waals surface area (Å²) in [6, 6.07) is 9.86. The summed E-state index contributed by atoms with van der Waals surface area (Å²) >= 11 is 7.42. The topological polar surface area (TPSA) is 38.9 Å². The van der Waals surface area contributed by atoms with Gasteiger partial charge in [0.15, 0.2) is 0 Å². The lowest BCUT2D eigenvalue weighted by Gasteiger charge is -2.00. The number of nitrogen functional groups attached to an aromatic ring is 1. The summed E-state index contributed by atoms with van der Waals surface area (Å²) in [5.41, 5.74) is 7.76. The molecule has 18 heavy (non-hydrogen) atoms. The van der Waals surface area contributed by atoms with Crippen LogP contribution in [0.1, 0.15) is 0 Å². The summed E-state index contributed by atoms with van der Waals surface area (Å²) < 4.78 is 14.0. The number of halogens is 2. The van der Waals surface area contributed by atoms with Crippen molar-refractivity contribution in [3.8, 4) is 10.6 Å². The summed E-state index contributed by atoms with van der Waals surface area (Å²) in [4.78, 5) is 4.47. The molecule has 90 valence electrons. The molecule has 3 aromatic rings. The number of thiazole rings is 1. The summed E-state index contributed by atoms with van der Waals surface area (Å²) in [7, 11) is 0. The van der Waals surface area contributed by atoms with Crippen molar-refractivity contribution in [2.75, 3.05) is 5.73 Å². The number of hydrogen-bond acceptors (Lipinski definition) is 3. The fourth-order valence-corrected chi connectivity index (χ4v) is 2.90. The Balaban J connectivity index is 2.19. The zero-order valence-electron chi connectivity index (χ0n) is 9.15. The number of anilines is 1. The van der Waals surface area contributed by atoms with Gasteiger partial charge in [-0.05, 0) is 36.4 Å². The zero-order chi connectivity index (χ0) is 12.7. The van der Waals surface area contributed by atoms with E-state index in [0.717, 1.165) is 20.8 Å². The van der Waals surface area contributed by atoms with E-state index in [1.807, 2.05) is 12.1 Å². The first-order valence-corrected chi connectivity index (χ1v) is 6.44. The number of hydrogen-bond donors (Lipinski definition) is 1. The molecule has 0 spiro atoms. The van der Waals surface area contributed by atoms with E-state index in [-0.39, 0.29) is 5.82 Å². The van der Waals surface area contributed by atoms with Gasteiger partial charge in [-0.15, -0.1) is 11.3 Å². The third-order valence-electron chi connectivity index (χ3n) is 2.59. The van der Waals surface area contributed by atoms with E-state index < -0.39 is 0 Å². The largest absolute Gasteiger partial charge is 0.398 e. The predicted molar refractivity (Wildman–Crippen MR) is 74.4 cm³/mol. The van der Waals surface area contributed by atoms with Gasteiger partial charge in [0.2, 0.25) is 0 Å². The van der Waals surface area contributed by atoms with Crippen molar-refractivity contribution in [1.82, 2.24) is 4.98 Å². The quantitative estimate of drug-likeness (QED) is 0.673. The minimum atomic E-state index is -0.347. The molecule has 0 aliphatic carbocycles. The van der Waals surface area contributed by atoms with Crippen molar-refractivity contribution in [2.45, 2.75) is 0 Å². The zero-order valence-corrected chi connectivity index (χ0v) is 10.7. The molecule has 0 unspecified atom stereocenters. The molecule has 1 aromatic heterocycles. The van der Waals surface area contributed by atoms with Gasteiger partial charge in [-0.2, -0.15) is 0 Å². The number of aromatic nitrogens is 1. The summed E-state index contributed by atoms with van der Waals surface area (Å²) in [5, 5.41) is 1.41. The highest BCUT2D eigenvalue weighted by Gasteiger charge is 2.10. The molecule has 1 heterocycles. The van der Waals surface area contributed by atoms with Gasteiger partial charge < -0.3 is 5.73 Å². The van der Waals surface area contributed by atoms with E-state index in [1.165, 1.54) is 23.5 Å². The number of fused-ring (bicyclic) bond motifs is 1. The van der Waals surface area contributed by atoms with Crippen LogP contribution in [0.2, 0.25) is 5.02 Å². The van der Waals surface area contributed by atoms with E-state index in [2.05, 4.69) is 4.98 Å². The predicted octanol–water partition coefficient (Wildman–Crippen LogP) is 4.34. The molecule has 3 rings (SSSR count). The van der Waals surface area contributed by atoms with Gasteiger partial charge in [0, 0.05) is 16.3 Å². The number of rotatable bonds is 1.